The summed E-state index contributed by atoms with van der Waals surface area (Å²) in [5.74, 6) is 0.286. The highest BCUT2D eigenvalue weighted by Crippen LogP contribution is 2.52. The third-order valence-electron chi connectivity index (χ3n) is 3.90. The van der Waals surface area contributed by atoms with Crippen molar-refractivity contribution in [2.45, 2.75) is 51.0 Å². The van der Waals surface area contributed by atoms with E-state index in [9.17, 15) is 9.90 Å². The van der Waals surface area contributed by atoms with E-state index in [1.807, 2.05) is 6.92 Å². The van der Waals surface area contributed by atoms with Crippen LogP contribution >= 0.6 is 0 Å². The zero-order valence-corrected chi connectivity index (χ0v) is 7.60. The number of hydrogen-bond acceptors (Lipinski definition) is 2. The number of ketones is 1. The number of carbonyl (C=O) groups is 1. The van der Waals surface area contributed by atoms with Crippen LogP contribution in [0.1, 0.15) is 45.4 Å². The van der Waals surface area contributed by atoms with Gasteiger partial charge in [0.05, 0.1) is 11.0 Å². The van der Waals surface area contributed by atoms with E-state index in [-0.39, 0.29) is 5.78 Å². The molecule has 12 heavy (non-hydrogen) atoms. The molecular formula is C10H16O2. The van der Waals surface area contributed by atoms with Crippen LogP contribution in [0.4, 0.5) is 0 Å². The van der Waals surface area contributed by atoms with E-state index in [0.29, 0.717) is 6.42 Å². The van der Waals surface area contributed by atoms with Gasteiger partial charge in [-0.05, 0) is 39.0 Å². The van der Waals surface area contributed by atoms with Gasteiger partial charge in [0.1, 0.15) is 5.78 Å². The van der Waals surface area contributed by atoms with E-state index in [1.165, 1.54) is 0 Å². The van der Waals surface area contributed by atoms with Crippen molar-refractivity contribution in [3.63, 3.8) is 0 Å². The number of Topliss-reactive ketones (excluding diaryl/α,β-unsaturated/α-hetero) is 1. The van der Waals surface area contributed by atoms with Crippen molar-refractivity contribution in [2.24, 2.45) is 5.41 Å². The van der Waals surface area contributed by atoms with E-state index in [0.717, 1.165) is 32.1 Å². The SMILES string of the molecule is C[C@]12CCC[C@@]1(O)CCCC2=O. The normalized spacial score (nSPS) is 47.7. The largest absolute Gasteiger partial charge is 0.389 e. The standard InChI is InChI=1S/C10H16O2/c1-9-5-3-7-10(9,12)6-2-4-8(9)11/h12H,2-7H2,1H3/t9-,10+/m1/s1. The van der Waals surface area contributed by atoms with Crippen LogP contribution in [-0.2, 0) is 4.79 Å². The first-order valence-electron chi connectivity index (χ1n) is 4.84. The molecule has 2 aliphatic rings. The van der Waals surface area contributed by atoms with Crippen molar-refractivity contribution in [3.8, 4) is 0 Å². The molecule has 0 aromatic carbocycles. The molecule has 2 aliphatic carbocycles. The minimum absolute atomic E-state index is 0.286. The van der Waals surface area contributed by atoms with Gasteiger partial charge in [0.2, 0.25) is 0 Å². The van der Waals surface area contributed by atoms with E-state index in [2.05, 4.69) is 0 Å². The monoisotopic (exact) mass is 168 g/mol. The summed E-state index contributed by atoms with van der Waals surface area (Å²) in [4.78, 5) is 11.6. The highest BCUT2D eigenvalue weighted by molar-refractivity contribution is 5.87. The number of aliphatic hydroxyl groups is 1. The molecule has 68 valence electrons. The van der Waals surface area contributed by atoms with Crippen LogP contribution in [0.15, 0.2) is 0 Å². The van der Waals surface area contributed by atoms with Gasteiger partial charge in [-0.2, -0.15) is 0 Å². The lowest BCUT2D eigenvalue weighted by molar-refractivity contribution is -0.149. The molecule has 0 amide bonds. The molecule has 2 heteroatoms. The van der Waals surface area contributed by atoms with Crippen LogP contribution < -0.4 is 0 Å². The Morgan fingerprint density at radius 2 is 1.92 bits per heavy atom. The van der Waals surface area contributed by atoms with Gasteiger partial charge in [-0.1, -0.05) is 0 Å². The van der Waals surface area contributed by atoms with Crippen LogP contribution in [0, 0.1) is 5.41 Å². The molecule has 2 saturated carbocycles. The number of rotatable bonds is 0. The maximum atomic E-state index is 11.6. The van der Waals surface area contributed by atoms with Gasteiger partial charge in [-0.15, -0.1) is 0 Å². The fourth-order valence-electron chi connectivity index (χ4n) is 2.86. The molecule has 2 rings (SSSR count). The summed E-state index contributed by atoms with van der Waals surface area (Å²) >= 11 is 0. The summed E-state index contributed by atoms with van der Waals surface area (Å²) in [5.41, 5.74) is -1.05. The Kier molecular flexibility index (Phi) is 1.59. The number of hydrogen-bond donors (Lipinski definition) is 1. The second kappa shape index (κ2) is 2.32. The molecule has 1 N–H and O–H groups in total. The molecule has 2 nitrogen and oxygen atoms in total. The summed E-state index contributed by atoms with van der Waals surface area (Å²) < 4.78 is 0. The first kappa shape index (κ1) is 8.24. The average Bonchev–Trinajstić information content (AvgIpc) is 2.30. The molecule has 0 bridgehead atoms. The number of carbonyl (C=O) groups excluding carboxylic acids is 1. The van der Waals surface area contributed by atoms with Gasteiger partial charge in [0.15, 0.2) is 0 Å². The van der Waals surface area contributed by atoms with Gasteiger partial charge in [-0.25, -0.2) is 0 Å². The maximum Gasteiger partial charge on any atom is 0.141 e. The molecule has 0 unspecified atom stereocenters. The van der Waals surface area contributed by atoms with Gasteiger partial charge in [0.25, 0.3) is 0 Å². The second-order valence-electron chi connectivity index (χ2n) is 4.49. The molecule has 2 fully saturated rings. The van der Waals surface area contributed by atoms with E-state index in [1.54, 1.807) is 0 Å². The Balaban J connectivity index is 2.36. The summed E-state index contributed by atoms with van der Waals surface area (Å²) in [6.07, 6.45) is 5.12. The molecular weight excluding hydrogens is 152 g/mol. The van der Waals surface area contributed by atoms with Gasteiger partial charge >= 0.3 is 0 Å². The topological polar surface area (TPSA) is 37.3 Å². The maximum absolute atomic E-state index is 11.6. The van der Waals surface area contributed by atoms with Crippen molar-refractivity contribution in [1.29, 1.82) is 0 Å². The molecule has 0 heterocycles. The molecule has 0 spiro atoms. The van der Waals surface area contributed by atoms with Crippen LogP contribution in [0.2, 0.25) is 0 Å². The fourth-order valence-corrected chi connectivity index (χ4v) is 2.86. The molecule has 2 atom stereocenters. The highest BCUT2D eigenvalue weighted by atomic mass is 16.3. The lowest BCUT2D eigenvalue weighted by Gasteiger charge is -2.42. The van der Waals surface area contributed by atoms with Crippen LogP contribution in [0.5, 0.6) is 0 Å². The lowest BCUT2D eigenvalue weighted by Crippen LogP contribution is -2.50. The first-order chi connectivity index (χ1) is 5.58. The van der Waals surface area contributed by atoms with Crippen molar-refractivity contribution in [2.75, 3.05) is 0 Å². The molecule has 0 radical (unpaired) electrons. The minimum atomic E-state index is -0.650. The van der Waals surface area contributed by atoms with Crippen LogP contribution in [0.25, 0.3) is 0 Å². The molecule has 0 aliphatic heterocycles. The zero-order chi connectivity index (χ0) is 8.82. The van der Waals surface area contributed by atoms with E-state index in [4.69, 9.17) is 0 Å². The minimum Gasteiger partial charge on any atom is -0.389 e. The van der Waals surface area contributed by atoms with E-state index >= 15 is 0 Å². The predicted octanol–water partition coefficient (Wildman–Crippen LogP) is 1.66. The Morgan fingerprint density at radius 3 is 2.58 bits per heavy atom. The Morgan fingerprint density at radius 1 is 1.25 bits per heavy atom. The van der Waals surface area contributed by atoms with Crippen molar-refractivity contribution in [1.82, 2.24) is 0 Å². The van der Waals surface area contributed by atoms with Crippen LogP contribution in [-0.4, -0.2) is 16.5 Å². The zero-order valence-electron chi connectivity index (χ0n) is 7.60. The quantitative estimate of drug-likeness (QED) is 0.597. The summed E-state index contributed by atoms with van der Waals surface area (Å²) in [6.45, 7) is 1.95. The van der Waals surface area contributed by atoms with Gasteiger partial charge in [-0.3, -0.25) is 4.79 Å². The highest BCUT2D eigenvalue weighted by Gasteiger charge is 2.56. The van der Waals surface area contributed by atoms with E-state index < -0.39 is 11.0 Å². The van der Waals surface area contributed by atoms with Gasteiger partial charge < -0.3 is 5.11 Å². The Labute approximate surface area is 73.0 Å². The van der Waals surface area contributed by atoms with Gasteiger partial charge in [0, 0.05) is 6.42 Å². The van der Waals surface area contributed by atoms with Crippen molar-refractivity contribution in [3.05, 3.63) is 0 Å². The van der Waals surface area contributed by atoms with Crippen LogP contribution in [0.3, 0.4) is 0 Å². The molecule has 0 aromatic rings. The Bertz CT molecular complexity index is 224. The second-order valence-corrected chi connectivity index (χ2v) is 4.49. The fraction of sp³-hybridized carbons (Fsp3) is 0.900. The first-order valence-corrected chi connectivity index (χ1v) is 4.84. The summed E-state index contributed by atoms with van der Waals surface area (Å²) in [6, 6.07) is 0. The predicted molar refractivity (Wildman–Crippen MR) is 45.8 cm³/mol. The third kappa shape index (κ3) is 0.817. The summed E-state index contributed by atoms with van der Waals surface area (Å²) in [7, 11) is 0. The molecule has 0 saturated heterocycles. The van der Waals surface area contributed by atoms with Crippen molar-refractivity contribution >= 4 is 5.78 Å². The van der Waals surface area contributed by atoms with Crippen molar-refractivity contribution < 1.29 is 9.90 Å². The lowest BCUT2D eigenvalue weighted by atomic mass is 9.65. The smallest absolute Gasteiger partial charge is 0.141 e. The molecule has 0 aromatic heterocycles. The third-order valence-corrected chi connectivity index (χ3v) is 3.90. The number of fused-ring (bicyclic) bond motifs is 1. The Hall–Kier alpha value is -0.370. The average molecular weight is 168 g/mol. The summed E-state index contributed by atoms with van der Waals surface area (Å²) in [5, 5.41) is 10.2.